The summed E-state index contributed by atoms with van der Waals surface area (Å²) in [6.07, 6.45) is 1.84. The molecule has 1 aromatic rings. The first-order valence-electron chi connectivity index (χ1n) is 5.73. The van der Waals surface area contributed by atoms with Gasteiger partial charge in [0.15, 0.2) is 0 Å². The van der Waals surface area contributed by atoms with Crippen molar-refractivity contribution in [1.29, 1.82) is 0 Å². The van der Waals surface area contributed by atoms with Crippen LogP contribution in [0, 0.1) is 6.92 Å². The summed E-state index contributed by atoms with van der Waals surface area (Å²) < 4.78 is 1.81. The summed E-state index contributed by atoms with van der Waals surface area (Å²) in [5.41, 5.74) is 1.45. The molecule has 1 unspecified atom stereocenters. The molecule has 0 spiro atoms. The maximum atomic E-state index is 11.1. The number of nitrogens with zero attached hydrogens (tertiary/aromatic N) is 2. The van der Waals surface area contributed by atoms with Crippen LogP contribution in [0.3, 0.4) is 0 Å². The van der Waals surface area contributed by atoms with Gasteiger partial charge in [0.25, 0.3) is 0 Å². The van der Waals surface area contributed by atoms with Gasteiger partial charge in [-0.2, -0.15) is 5.10 Å². The number of amides is 1. The minimum Gasteiger partial charge on any atom is -0.474 e. The van der Waals surface area contributed by atoms with Crippen molar-refractivity contribution in [3.05, 3.63) is 17.5 Å². The van der Waals surface area contributed by atoms with Crippen molar-refractivity contribution in [1.82, 2.24) is 15.1 Å². The Hall–Kier alpha value is -1.85. The monoisotopic (exact) mass is 253 g/mol. The third kappa shape index (κ3) is 3.09. The van der Waals surface area contributed by atoms with Crippen molar-refractivity contribution >= 4 is 11.9 Å². The van der Waals surface area contributed by atoms with E-state index in [0.29, 0.717) is 0 Å². The lowest BCUT2D eigenvalue weighted by atomic mass is 10.1. The number of hydrogen-bond donors (Lipinski definition) is 2. The molecular weight excluding hydrogens is 234 g/mol. The summed E-state index contributed by atoms with van der Waals surface area (Å²) in [6, 6.07) is -0.385. The molecule has 1 heterocycles. The lowest BCUT2D eigenvalue weighted by Gasteiger charge is -2.19. The maximum absolute atomic E-state index is 11.1. The van der Waals surface area contributed by atoms with Crippen molar-refractivity contribution in [3.63, 3.8) is 0 Å². The van der Waals surface area contributed by atoms with Gasteiger partial charge in [0, 0.05) is 11.8 Å². The van der Waals surface area contributed by atoms with E-state index in [1.807, 2.05) is 33.9 Å². The number of aromatic nitrogens is 2. The molecule has 6 heteroatoms. The van der Waals surface area contributed by atoms with E-state index in [9.17, 15) is 9.59 Å². The Bertz CT molecular complexity index is 471. The highest BCUT2D eigenvalue weighted by molar-refractivity contribution is 6.31. The largest absolute Gasteiger partial charge is 0.474 e. The van der Waals surface area contributed by atoms with E-state index in [2.05, 4.69) is 10.4 Å². The molecule has 6 nitrogen and oxygen atoms in total. The van der Waals surface area contributed by atoms with Crippen LogP contribution in [0.5, 0.6) is 0 Å². The van der Waals surface area contributed by atoms with Gasteiger partial charge >= 0.3 is 11.9 Å². The quantitative estimate of drug-likeness (QED) is 0.776. The van der Waals surface area contributed by atoms with Gasteiger partial charge in [-0.1, -0.05) is 0 Å². The van der Waals surface area contributed by atoms with E-state index in [-0.39, 0.29) is 11.6 Å². The molecule has 2 N–H and O–H groups in total. The van der Waals surface area contributed by atoms with Gasteiger partial charge in [0.2, 0.25) is 0 Å². The number of carbonyl (C=O) groups excluding carboxylic acids is 1. The lowest BCUT2D eigenvalue weighted by Crippen LogP contribution is -2.33. The number of aliphatic carboxylic acids is 1. The number of nitrogens with one attached hydrogen (secondary N) is 1. The average molecular weight is 253 g/mol. The van der Waals surface area contributed by atoms with Crippen LogP contribution < -0.4 is 5.32 Å². The number of hydrogen-bond acceptors (Lipinski definition) is 3. The number of aryl methyl sites for hydroxylation is 1. The van der Waals surface area contributed by atoms with Crippen LogP contribution in [0.4, 0.5) is 0 Å². The Morgan fingerprint density at radius 1 is 1.44 bits per heavy atom. The fourth-order valence-corrected chi connectivity index (χ4v) is 1.58. The first-order valence-corrected chi connectivity index (χ1v) is 5.73. The Morgan fingerprint density at radius 3 is 2.39 bits per heavy atom. The van der Waals surface area contributed by atoms with Crippen molar-refractivity contribution in [2.45, 2.75) is 46.2 Å². The minimum atomic E-state index is -1.48. The van der Waals surface area contributed by atoms with E-state index >= 15 is 0 Å². The van der Waals surface area contributed by atoms with Gasteiger partial charge in [-0.15, -0.1) is 0 Å². The highest BCUT2D eigenvalue weighted by Crippen LogP contribution is 2.20. The predicted molar refractivity (Wildman–Crippen MR) is 66.2 cm³/mol. The molecule has 0 aliphatic heterocycles. The van der Waals surface area contributed by atoms with Gasteiger partial charge in [0.05, 0.1) is 17.3 Å². The third-order valence-electron chi connectivity index (χ3n) is 2.63. The normalized spacial score (nSPS) is 13.2. The molecule has 0 aromatic carbocycles. The second-order valence-corrected chi connectivity index (χ2v) is 5.29. The summed E-state index contributed by atoms with van der Waals surface area (Å²) in [6.45, 7) is 9.62. The lowest BCUT2D eigenvalue weighted by molar-refractivity contribution is -0.150. The number of carboxylic acids is 1. The van der Waals surface area contributed by atoms with Crippen LogP contribution in [0.25, 0.3) is 0 Å². The molecular formula is C12H19N3O3. The zero-order chi connectivity index (χ0) is 14.1. The smallest absolute Gasteiger partial charge is 0.394 e. The first-order chi connectivity index (χ1) is 8.12. The number of rotatable bonds is 2. The molecule has 18 heavy (non-hydrogen) atoms. The Labute approximate surface area is 106 Å². The molecule has 0 aliphatic carbocycles. The van der Waals surface area contributed by atoms with Gasteiger partial charge in [-0.25, -0.2) is 4.79 Å². The highest BCUT2D eigenvalue weighted by Gasteiger charge is 2.21. The number of carbonyl (C=O) groups is 2. The zero-order valence-corrected chi connectivity index (χ0v) is 11.3. The zero-order valence-electron chi connectivity index (χ0n) is 11.3. The Morgan fingerprint density at radius 2 is 2.00 bits per heavy atom. The number of carboxylic acid groups (broad SMARTS) is 1. The van der Waals surface area contributed by atoms with Crippen molar-refractivity contribution in [2.24, 2.45) is 0 Å². The van der Waals surface area contributed by atoms with Gasteiger partial charge < -0.3 is 10.4 Å². The van der Waals surface area contributed by atoms with E-state index in [1.165, 1.54) is 0 Å². The third-order valence-corrected chi connectivity index (χ3v) is 2.63. The molecule has 1 aromatic heterocycles. The van der Waals surface area contributed by atoms with E-state index in [1.54, 1.807) is 11.6 Å². The summed E-state index contributed by atoms with van der Waals surface area (Å²) >= 11 is 0. The van der Waals surface area contributed by atoms with E-state index < -0.39 is 11.9 Å². The van der Waals surface area contributed by atoms with Crippen LogP contribution in [0.2, 0.25) is 0 Å². The standard InChI is InChI=1S/C12H19N3O3/c1-7(13-10(16)11(17)18)9-6-15(12(3,4)5)14-8(9)2/h6-7H,1-5H3,(H,13,16)(H,17,18). The van der Waals surface area contributed by atoms with Gasteiger partial charge in [-0.05, 0) is 34.6 Å². The van der Waals surface area contributed by atoms with Crippen LogP contribution in [-0.2, 0) is 15.1 Å². The van der Waals surface area contributed by atoms with Crippen molar-refractivity contribution in [2.75, 3.05) is 0 Å². The van der Waals surface area contributed by atoms with Gasteiger partial charge in [-0.3, -0.25) is 9.48 Å². The topological polar surface area (TPSA) is 84.2 Å². The molecule has 100 valence electrons. The van der Waals surface area contributed by atoms with Gasteiger partial charge in [0.1, 0.15) is 0 Å². The Kier molecular flexibility index (Phi) is 3.79. The van der Waals surface area contributed by atoms with E-state index in [4.69, 9.17) is 5.11 Å². The SMILES string of the molecule is Cc1nn(C(C)(C)C)cc1C(C)NC(=O)C(=O)O. The molecule has 0 radical (unpaired) electrons. The summed E-state index contributed by atoms with van der Waals surface area (Å²) in [7, 11) is 0. The summed E-state index contributed by atoms with van der Waals surface area (Å²) in [5, 5.41) is 15.3. The van der Waals surface area contributed by atoms with Crippen LogP contribution >= 0.6 is 0 Å². The molecule has 1 atom stereocenters. The second-order valence-electron chi connectivity index (χ2n) is 5.29. The van der Waals surface area contributed by atoms with E-state index in [0.717, 1.165) is 11.3 Å². The molecule has 0 aliphatic rings. The summed E-state index contributed by atoms with van der Waals surface area (Å²) in [5.74, 6) is -2.49. The van der Waals surface area contributed by atoms with Crippen molar-refractivity contribution < 1.29 is 14.7 Å². The average Bonchev–Trinajstić information content (AvgIpc) is 2.59. The maximum Gasteiger partial charge on any atom is 0.394 e. The second kappa shape index (κ2) is 4.80. The Balaban J connectivity index is 2.93. The predicted octanol–water partition coefficient (Wildman–Crippen LogP) is 1.21. The van der Waals surface area contributed by atoms with Crippen molar-refractivity contribution in [3.8, 4) is 0 Å². The molecule has 1 rings (SSSR count). The van der Waals surface area contributed by atoms with Crippen LogP contribution in [0.15, 0.2) is 6.20 Å². The molecule has 0 fully saturated rings. The first kappa shape index (κ1) is 14.2. The van der Waals surface area contributed by atoms with Crippen LogP contribution in [0.1, 0.15) is 45.0 Å². The molecule has 1 amide bonds. The molecule has 0 saturated heterocycles. The fraction of sp³-hybridized carbons (Fsp3) is 0.583. The fourth-order valence-electron chi connectivity index (χ4n) is 1.58. The summed E-state index contributed by atoms with van der Waals surface area (Å²) in [4.78, 5) is 21.6. The molecule has 0 bridgehead atoms. The highest BCUT2D eigenvalue weighted by atomic mass is 16.4. The van der Waals surface area contributed by atoms with Crippen LogP contribution in [-0.4, -0.2) is 26.8 Å². The molecule has 0 saturated carbocycles. The minimum absolute atomic E-state index is 0.153.